The Bertz CT molecular complexity index is 473. The third-order valence-corrected chi connectivity index (χ3v) is 4.42. The highest BCUT2D eigenvalue weighted by Crippen LogP contribution is 2.27. The first-order valence-electron chi connectivity index (χ1n) is 7.70. The molecule has 0 bridgehead atoms. The van der Waals surface area contributed by atoms with Gasteiger partial charge >= 0.3 is 0 Å². The van der Waals surface area contributed by atoms with Crippen LogP contribution in [0.3, 0.4) is 0 Å². The van der Waals surface area contributed by atoms with Crippen LogP contribution in [0.1, 0.15) is 43.7 Å². The number of aliphatic hydroxyl groups is 1. The molecule has 1 aromatic heterocycles. The van der Waals surface area contributed by atoms with Gasteiger partial charge in [-0.3, -0.25) is 0 Å². The molecule has 0 atom stereocenters. The molecule has 20 heavy (non-hydrogen) atoms. The molecule has 0 amide bonds. The van der Waals surface area contributed by atoms with Crippen molar-refractivity contribution in [3.05, 3.63) is 23.4 Å². The van der Waals surface area contributed by atoms with Crippen LogP contribution in [0, 0.1) is 6.92 Å². The van der Waals surface area contributed by atoms with Crippen LogP contribution in [0.25, 0.3) is 0 Å². The Hall–Kier alpha value is -1.13. The van der Waals surface area contributed by atoms with Gasteiger partial charge in [0.05, 0.1) is 5.60 Å². The van der Waals surface area contributed by atoms with Crippen LogP contribution in [0.5, 0.6) is 0 Å². The highest BCUT2D eigenvalue weighted by Gasteiger charge is 2.28. The summed E-state index contributed by atoms with van der Waals surface area (Å²) in [5.41, 5.74) is 2.00. The second kappa shape index (κ2) is 5.34. The third-order valence-electron chi connectivity index (χ3n) is 4.42. The molecular formula is C16H25N3O. The molecule has 1 aromatic rings. The molecule has 2 aliphatic rings. The van der Waals surface area contributed by atoms with Gasteiger partial charge in [-0.05, 0) is 56.7 Å². The fourth-order valence-corrected chi connectivity index (χ4v) is 2.80. The highest BCUT2D eigenvalue weighted by molar-refractivity contribution is 5.47. The Labute approximate surface area is 121 Å². The van der Waals surface area contributed by atoms with Crippen LogP contribution in [0.4, 0.5) is 5.82 Å². The largest absolute Gasteiger partial charge is 0.390 e. The molecule has 0 spiro atoms. The molecular weight excluding hydrogens is 250 g/mol. The van der Waals surface area contributed by atoms with Crippen molar-refractivity contribution < 1.29 is 5.11 Å². The normalized spacial score (nSPS) is 22.1. The van der Waals surface area contributed by atoms with E-state index >= 15 is 0 Å². The van der Waals surface area contributed by atoms with Gasteiger partial charge < -0.3 is 15.3 Å². The van der Waals surface area contributed by atoms with Crippen LogP contribution in [-0.2, 0) is 6.54 Å². The minimum Gasteiger partial charge on any atom is -0.390 e. The standard InChI is InChI=1S/C16H25N3O/c1-12-9-13(10-17-14-3-4-14)11-18-15(12)19-7-5-16(2,20)6-8-19/h9,11,14,17,20H,3-8,10H2,1-2H3. The van der Waals surface area contributed by atoms with Gasteiger partial charge in [0.25, 0.3) is 0 Å². The summed E-state index contributed by atoms with van der Waals surface area (Å²) < 4.78 is 0. The zero-order valence-corrected chi connectivity index (χ0v) is 12.5. The summed E-state index contributed by atoms with van der Waals surface area (Å²) >= 11 is 0. The molecule has 2 fully saturated rings. The van der Waals surface area contributed by atoms with Gasteiger partial charge in [0.15, 0.2) is 0 Å². The van der Waals surface area contributed by atoms with E-state index in [4.69, 9.17) is 0 Å². The van der Waals surface area contributed by atoms with E-state index in [1.165, 1.54) is 24.0 Å². The summed E-state index contributed by atoms with van der Waals surface area (Å²) in [6.07, 6.45) is 6.26. The second-order valence-corrected chi connectivity index (χ2v) is 6.62. The van der Waals surface area contributed by atoms with E-state index < -0.39 is 5.60 Å². The smallest absolute Gasteiger partial charge is 0.131 e. The van der Waals surface area contributed by atoms with Gasteiger partial charge in [-0.1, -0.05) is 0 Å². The topological polar surface area (TPSA) is 48.4 Å². The first-order chi connectivity index (χ1) is 9.53. The summed E-state index contributed by atoms with van der Waals surface area (Å²) in [5, 5.41) is 13.5. The van der Waals surface area contributed by atoms with E-state index in [2.05, 4.69) is 28.2 Å². The maximum atomic E-state index is 10.0. The molecule has 110 valence electrons. The predicted molar refractivity (Wildman–Crippen MR) is 80.9 cm³/mol. The van der Waals surface area contributed by atoms with E-state index in [0.717, 1.165) is 44.3 Å². The van der Waals surface area contributed by atoms with Crippen molar-refractivity contribution >= 4 is 5.82 Å². The summed E-state index contributed by atoms with van der Waals surface area (Å²) in [6, 6.07) is 2.98. The Balaban J connectivity index is 1.64. The average molecular weight is 275 g/mol. The number of aromatic nitrogens is 1. The highest BCUT2D eigenvalue weighted by atomic mass is 16.3. The monoisotopic (exact) mass is 275 g/mol. The molecule has 3 rings (SSSR count). The van der Waals surface area contributed by atoms with Crippen LogP contribution in [0.2, 0.25) is 0 Å². The fraction of sp³-hybridized carbons (Fsp3) is 0.688. The van der Waals surface area contributed by atoms with E-state index in [0.29, 0.717) is 0 Å². The number of pyridine rings is 1. The number of piperidine rings is 1. The number of hydrogen-bond donors (Lipinski definition) is 2. The number of hydrogen-bond acceptors (Lipinski definition) is 4. The number of aryl methyl sites for hydroxylation is 1. The first-order valence-corrected chi connectivity index (χ1v) is 7.70. The van der Waals surface area contributed by atoms with Crippen LogP contribution in [-0.4, -0.2) is 34.8 Å². The lowest BCUT2D eigenvalue weighted by molar-refractivity contribution is 0.0350. The molecule has 1 aliphatic carbocycles. The Morgan fingerprint density at radius 1 is 1.40 bits per heavy atom. The Morgan fingerprint density at radius 2 is 2.10 bits per heavy atom. The lowest BCUT2D eigenvalue weighted by atomic mass is 9.93. The lowest BCUT2D eigenvalue weighted by Crippen LogP contribution is -2.43. The average Bonchev–Trinajstić information content (AvgIpc) is 3.21. The van der Waals surface area contributed by atoms with Crippen LogP contribution >= 0.6 is 0 Å². The van der Waals surface area contributed by atoms with Gasteiger partial charge in [-0.2, -0.15) is 0 Å². The minimum absolute atomic E-state index is 0.501. The Kier molecular flexibility index (Phi) is 3.69. The maximum Gasteiger partial charge on any atom is 0.131 e. The minimum atomic E-state index is -0.501. The molecule has 0 aromatic carbocycles. The van der Waals surface area contributed by atoms with Crippen LogP contribution < -0.4 is 10.2 Å². The summed E-state index contributed by atoms with van der Waals surface area (Å²) in [7, 11) is 0. The molecule has 2 heterocycles. The van der Waals surface area contributed by atoms with Crippen molar-refractivity contribution in [2.75, 3.05) is 18.0 Å². The summed E-state index contributed by atoms with van der Waals surface area (Å²) in [6.45, 7) is 6.77. The molecule has 0 radical (unpaired) electrons. The third kappa shape index (κ3) is 3.30. The maximum absolute atomic E-state index is 10.0. The van der Waals surface area contributed by atoms with Crippen molar-refractivity contribution in [2.45, 2.75) is 57.7 Å². The molecule has 0 unspecified atom stereocenters. The lowest BCUT2D eigenvalue weighted by Gasteiger charge is -2.37. The van der Waals surface area contributed by atoms with Crippen molar-refractivity contribution in [2.24, 2.45) is 0 Å². The zero-order valence-electron chi connectivity index (χ0n) is 12.5. The van der Waals surface area contributed by atoms with E-state index in [1.54, 1.807) is 0 Å². The molecule has 1 saturated carbocycles. The molecule has 2 N–H and O–H groups in total. The fourth-order valence-electron chi connectivity index (χ4n) is 2.80. The van der Waals surface area contributed by atoms with Gasteiger partial charge in [0.2, 0.25) is 0 Å². The second-order valence-electron chi connectivity index (χ2n) is 6.62. The van der Waals surface area contributed by atoms with Crippen LogP contribution in [0.15, 0.2) is 12.3 Å². The number of nitrogens with zero attached hydrogens (tertiary/aromatic N) is 2. The molecule has 4 nitrogen and oxygen atoms in total. The van der Waals surface area contributed by atoms with Gasteiger partial charge in [-0.25, -0.2) is 4.98 Å². The van der Waals surface area contributed by atoms with Gasteiger partial charge in [0.1, 0.15) is 5.82 Å². The molecule has 1 aliphatic heterocycles. The van der Waals surface area contributed by atoms with Crippen molar-refractivity contribution in [3.63, 3.8) is 0 Å². The van der Waals surface area contributed by atoms with E-state index in [-0.39, 0.29) is 0 Å². The number of nitrogens with one attached hydrogen (secondary N) is 1. The number of anilines is 1. The van der Waals surface area contributed by atoms with Gasteiger partial charge in [-0.15, -0.1) is 0 Å². The molecule has 4 heteroatoms. The number of rotatable bonds is 4. The predicted octanol–water partition coefficient (Wildman–Crippen LogP) is 1.99. The van der Waals surface area contributed by atoms with Crippen molar-refractivity contribution in [1.82, 2.24) is 10.3 Å². The van der Waals surface area contributed by atoms with Crippen molar-refractivity contribution in [1.29, 1.82) is 0 Å². The van der Waals surface area contributed by atoms with E-state index in [1.807, 2.05) is 13.1 Å². The Morgan fingerprint density at radius 3 is 2.70 bits per heavy atom. The van der Waals surface area contributed by atoms with E-state index in [9.17, 15) is 5.11 Å². The SMILES string of the molecule is Cc1cc(CNC2CC2)cnc1N1CCC(C)(O)CC1. The zero-order chi connectivity index (χ0) is 14.2. The van der Waals surface area contributed by atoms with Gasteiger partial charge in [0, 0.05) is 31.9 Å². The molecule has 1 saturated heterocycles. The summed E-state index contributed by atoms with van der Waals surface area (Å²) in [5.74, 6) is 1.08. The van der Waals surface area contributed by atoms with Crippen molar-refractivity contribution in [3.8, 4) is 0 Å². The quantitative estimate of drug-likeness (QED) is 0.882. The summed E-state index contributed by atoms with van der Waals surface area (Å²) in [4.78, 5) is 6.95. The first kappa shape index (κ1) is 13.8.